The highest BCUT2D eigenvalue weighted by molar-refractivity contribution is 9.10. The van der Waals surface area contributed by atoms with E-state index in [0.717, 1.165) is 15.6 Å². The van der Waals surface area contributed by atoms with E-state index < -0.39 is 0 Å². The molecule has 0 unspecified atom stereocenters. The van der Waals surface area contributed by atoms with Crippen molar-refractivity contribution in [3.8, 4) is 0 Å². The van der Waals surface area contributed by atoms with Crippen LogP contribution in [0, 0.1) is 0 Å². The van der Waals surface area contributed by atoms with E-state index in [-0.39, 0.29) is 17.7 Å². The summed E-state index contributed by atoms with van der Waals surface area (Å²) in [7, 11) is 0. The Kier molecular flexibility index (Phi) is 4.27. The summed E-state index contributed by atoms with van der Waals surface area (Å²) in [5.41, 5.74) is 2.45. The van der Waals surface area contributed by atoms with E-state index in [1.54, 1.807) is 5.01 Å². The van der Waals surface area contributed by atoms with Gasteiger partial charge >= 0.3 is 0 Å². The van der Waals surface area contributed by atoms with Gasteiger partial charge in [0.25, 0.3) is 0 Å². The third-order valence-corrected chi connectivity index (χ3v) is 5.19. The fourth-order valence-electron chi connectivity index (χ4n) is 3.45. The van der Waals surface area contributed by atoms with Crippen LogP contribution >= 0.6 is 15.9 Å². The third-order valence-electron chi connectivity index (χ3n) is 4.66. The molecule has 0 radical (unpaired) electrons. The van der Waals surface area contributed by atoms with Crippen molar-refractivity contribution >= 4 is 33.7 Å². The Morgan fingerprint density at radius 1 is 1.00 bits per heavy atom. The minimum Gasteiger partial charge on any atom is -0.292 e. The second kappa shape index (κ2) is 6.58. The predicted octanol–water partition coefficient (Wildman–Crippen LogP) is 3.95. The van der Waals surface area contributed by atoms with Crippen molar-refractivity contribution in [2.45, 2.75) is 18.9 Å². The number of nitrogens with zero attached hydrogens (tertiary/aromatic N) is 2. The lowest BCUT2D eigenvalue weighted by Gasteiger charge is -2.40. The minimum atomic E-state index is -0.0972. The van der Waals surface area contributed by atoms with Gasteiger partial charge in [-0.15, -0.1) is 0 Å². The fourth-order valence-corrected chi connectivity index (χ4v) is 3.72. The van der Waals surface area contributed by atoms with Gasteiger partial charge in [-0.25, -0.2) is 10.0 Å². The van der Waals surface area contributed by atoms with Gasteiger partial charge in [-0.2, -0.15) is 0 Å². The van der Waals surface area contributed by atoms with E-state index in [2.05, 4.69) is 15.9 Å². The van der Waals surface area contributed by atoms with Gasteiger partial charge in [-0.05, 0) is 29.3 Å². The average Bonchev–Trinajstić information content (AvgIpc) is 3.01. The van der Waals surface area contributed by atoms with Crippen molar-refractivity contribution in [2.24, 2.45) is 0 Å². The van der Waals surface area contributed by atoms with Gasteiger partial charge < -0.3 is 0 Å². The number of carbonyl (C=O) groups is 2. The number of carbonyl (C=O) groups excluding carboxylic acids is 2. The van der Waals surface area contributed by atoms with Gasteiger partial charge in [0.05, 0.1) is 6.04 Å². The summed E-state index contributed by atoms with van der Waals surface area (Å²) in [6, 6.07) is 17.5. The maximum Gasteiger partial charge on any atom is 0.243 e. The molecule has 1 amide bonds. The largest absolute Gasteiger partial charge is 0.292 e. The second-order valence-electron chi connectivity index (χ2n) is 6.25. The van der Waals surface area contributed by atoms with Gasteiger partial charge in [-0.3, -0.25) is 9.59 Å². The number of hydrogen-bond donors (Lipinski definition) is 0. The number of ketones is 1. The Morgan fingerprint density at radius 3 is 2.44 bits per heavy atom. The van der Waals surface area contributed by atoms with Crippen LogP contribution in [0.25, 0.3) is 6.08 Å². The van der Waals surface area contributed by atoms with Gasteiger partial charge in [0.15, 0.2) is 5.78 Å². The maximum absolute atomic E-state index is 12.8. The van der Waals surface area contributed by atoms with E-state index in [1.165, 1.54) is 0 Å². The molecule has 2 aliphatic heterocycles. The van der Waals surface area contributed by atoms with Crippen molar-refractivity contribution < 1.29 is 9.59 Å². The van der Waals surface area contributed by atoms with Gasteiger partial charge in [-0.1, -0.05) is 58.4 Å². The molecule has 1 atom stereocenters. The number of allylic oxidation sites excluding steroid dienone is 1. The Labute approximate surface area is 154 Å². The lowest BCUT2D eigenvalue weighted by Crippen LogP contribution is -2.47. The van der Waals surface area contributed by atoms with Gasteiger partial charge in [0.2, 0.25) is 5.91 Å². The topological polar surface area (TPSA) is 40.6 Å². The van der Waals surface area contributed by atoms with Crippen LogP contribution in [0.15, 0.2) is 64.8 Å². The quantitative estimate of drug-likeness (QED) is 0.721. The van der Waals surface area contributed by atoms with Crippen molar-refractivity contribution in [3.63, 3.8) is 0 Å². The Balaban J connectivity index is 1.72. The molecular weight excluding hydrogens is 380 g/mol. The molecule has 0 aromatic heterocycles. The first kappa shape index (κ1) is 16.2. The third kappa shape index (κ3) is 3.05. The normalized spacial score (nSPS) is 22.5. The number of rotatable bonds is 2. The number of fused-ring (bicyclic) bond motifs is 1. The van der Waals surface area contributed by atoms with Crippen LogP contribution in [0.3, 0.4) is 0 Å². The first-order valence-corrected chi connectivity index (χ1v) is 9.08. The first-order chi connectivity index (χ1) is 12.1. The molecule has 0 N–H and O–H groups in total. The Bertz CT molecular complexity index is 846. The molecule has 0 bridgehead atoms. The smallest absolute Gasteiger partial charge is 0.243 e. The molecule has 0 saturated carbocycles. The van der Waals surface area contributed by atoms with Gasteiger partial charge in [0.1, 0.15) is 5.70 Å². The highest BCUT2D eigenvalue weighted by Crippen LogP contribution is 2.38. The highest BCUT2D eigenvalue weighted by atomic mass is 79.9. The molecule has 2 aliphatic rings. The molecule has 0 spiro atoms. The van der Waals surface area contributed by atoms with Crippen molar-refractivity contribution in [1.29, 1.82) is 0 Å². The van der Waals surface area contributed by atoms with Gasteiger partial charge in [0, 0.05) is 23.9 Å². The number of Topliss-reactive ketones (excluding diaryl/α,β-unsaturated/α-hetero) is 1. The van der Waals surface area contributed by atoms with Crippen LogP contribution in [-0.2, 0) is 9.59 Å². The zero-order valence-electron chi connectivity index (χ0n) is 13.6. The standard InChI is InChI=1S/C20H17BrN2O2/c21-16-8-6-15(7-9-16)17-13-19(24)18(12-14-4-2-1-3-5-14)23-20(25)10-11-22(17)23/h1-9,12,17H,10-11,13H2/b18-12-/t17-/m0/s1. The maximum atomic E-state index is 12.8. The molecule has 2 saturated heterocycles. The zero-order chi connectivity index (χ0) is 17.4. The van der Waals surface area contributed by atoms with Crippen molar-refractivity contribution in [2.75, 3.05) is 6.54 Å². The summed E-state index contributed by atoms with van der Waals surface area (Å²) >= 11 is 3.44. The first-order valence-electron chi connectivity index (χ1n) is 8.28. The van der Waals surface area contributed by atoms with Crippen LogP contribution in [0.1, 0.15) is 30.0 Å². The van der Waals surface area contributed by atoms with E-state index in [0.29, 0.717) is 25.1 Å². The highest BCUT2D eigenvalue weighted by Gasteiger charge is 2.44. The summed E-state index contributed by atoms with van der Waals surface area (Å²) in [6.07, 6.45) is 2.63. The molecule has 126 valence electrons. The molecule has 4 rings (SSSR count). The molecule has 2 fully saturated rings. The monoisotopic (exact) mass is 396 g/mol. The number of amides is 1. The lowest BCUT2D eigenvalue weighted by atomic mass is 9.96. The number of halogens is 1. The van der Waals surface area contributed by atoms with Crippen molar-refractivity contribution in [3.05, 3.63) is 75.9 Å². The van der Waals surface area contributed by atoms with E-state index >= 15 is 0 Å². The number of hydrogen-bond acceptors (Lipinski definition) is 3. The second-order valence-corrected chi connectivity index (χ2v) is 7.17. The molecule has 4 nitrogen and oxygen atoms in total. The molecule has 25 heavy (non-hydrogen) atoms. The summed E-state index contributed by atoms with van der Waals surface area (Å²) < 4.78 is 0.998. The minimum absolute atomic E-state index is 0.00303. The van der Waals surface area contributed by atoms with Crippen LogP contribution in [0.4, 0.5) is 0 Å². The fraction of sp³-hybridized carbons (Fsp3) is 0.200. The van der Waals surface area contributed by atoms with Crippen LogP contribution in [-0.4, -0.2) is 28.3 Å². The molecule has 2 aromatic carbocycles. The summed E-state index contributed by atoms with van der Waals surface area (Å²) in [5.74, 6) is -0.0133. The van der Waals surface area contributed by atoms with E-state index in [9.17, 15) is 9.59 Å². The zero-order valence-corrected chi connectivity index (χ0v) is 15.1. The number of hydrazine groups is 1. The van der Waals surface area contributed by atoms with Crippen LogP contribution in [0.5, 0.6) is 0 Å². The summed E-state index contributed by atoms with van der Waals surface area (Å²) in [4.78, 5) is 25.3. The molecule has 2 heterocycles. The van der Waals surface area contributed by atoms with E-state index in [4.69, 9.17) is 0 Å². The molecule has 5 heteroatoms. The van der Waals surface area contributed by atoms with Crippen LogP contribution in [0.2, 0.25) is 0 Å². The molecular formula is C20H17BrN2O2. The predicted molar refractivity (Wildman–Crippen MR) is 99.1 cm³/mol. The summed E-state index contributed by atoms with van der Waals surface area (Å²) in [5, 5.41) is 3.62. The number of benzene rings is 2. The SMILES string of the molecule is O=C1C[C@@H](c2ccc(Br)cc2)N2CCC(=O)N2/C1=C\c1ccccc1. The molecule has 2 aromatic rings. The Morgan fingerprint density at radius 2 is 1.72 bits per heavy atom. The Hall–Kier alpha value is -2.24. The van der Waals surface area contributed by atoms with Crippen molar-refractivity contribution in [1.82, 2.24) is 10.0 Å². The lowest BCUT2D eigenvalue weighted by molar-refractivity contribution is -0.146. The van der Waals surface area contributed by atoms with E-state index in [1.807, 2.05) is 65.7 Å². The molecule has 0 aliphatic carbocycles. The van der Waals surface area contributed by atoms with Crippen LogP contribution < -0.4 is 0 Å². The average molecular weight is 397 g/mol. The summed E-state index contributed by atoms with van der Waals surface area (Å²) in [6.45, 7) is 0.638.